The molecular formula is C12H21N3O3. The highest BCUT2D eigenvalue weighted by atomic mass is 16.7. The molecule has 0 bridgehead atoms. The second-order valence-electron chi connectivity index (χ2n) is 5.17. The van der Waals surface area contributed by atoms with E-state index in [0.29, 0.717) is 6.42 Å². The average molecular weight is 255 g/mol. The highest BCUT2D eigenvalue weighted by molar-refractivity contribution is 5.88. The summed E-state index contributed by atoms with van der Waals surface area (Å²) < 4.78 is 0. The molecule has 0 radical (unpaired) electrons. The summed E-state index contributed by atoms with van der Waals surface area (Å²) in [7, 11) is 1.91. The van der Waals surface area contributed by atoms with Gasteiger partial charge >= 0.3 is 0 Å². The molecule has 1 aliphatic heterocycles. The largest absolute Gasteiger partial charge is 0.342 e. The Hall–Kier alpha value is -1.14. The lowest BCUT2D eigenvalue weighted by atomic mass is 9.79. The van der Waals surface area contributed by atoms with E-state index in [0.717, 1.165) is 25.7 Å². The molecule has 3 N–H and O–H groups in total. The molecule has 0 aromatic rings. The Morgan fingerprint density at radius 2 is 2.17 bits per heavy atom. The summed E-state index contributed by atoms with van der Waals surface area (Å²) >= 11 is 0. The summed E-state index contributed by atoms with van der Waals surface area (Å²) in [4.78, 5) is 28.1. The molecule has 2 amide bonds. The Morgan fingerprint density at radius 1 is 1.44 bits per heavy atom. The SMILES string of the molecule is CNC1(CC(=O)N[C@@H]2CONC2=O)CCCCC1. The van der Waals surface area contributed by atoms with Gasteiger partial charge in [-0.3, -0.25) is 14.4 Å². The quantitative estimate of drug-likeness (QED) is 0.652. The number of nitrogens with one attached hydrogen (secondary N) is 3. The molecule has 102 valence electrons. The van der Waals surface area contributed by atoms with Crippen LogP contribution in [0.4, 0.5) is 0 Å². The molecule has 18 heavy (non-hydrogen) atoms. The maximum Gasteiger partial charge on any atom is 0.268 e. The Labute approximate surface area is 107 Å². The van der Waals surface area contributed by atoms with Crippen LogP contribution < -0.4 is 16.1 Å². The van der Waals surface area contributed by atoms with Gasteiger partial charge in [0.1, 0.15) is 12.6 Å². The summed E-state index contributed by atoms with van der Waals surface area (Å²) in [5.74, 6) is -0.359. The maximum atomic E-state index is 12.0. The van der Waals surface area contributed by atoms with Crippen molar-refractivity contribution in [2.45, 2.75) is 50.1 Å². The van der Waals surface area contributed by atoms with E-state index < -0.39 is 6.04 Å². The predicted octanol–water partition coefficient (Wildman–Crippen LogP) is -0.155. The molecule has 1 aliphatic carbocycles. The minimum absolute atomic E-state index is 0.0862. The highest BCUT2D eigenvalue weighted by Crippen LogP contribution is 2.30. The smallest absolute Gasteiger partial charge is 0.268 e. The number of hydrogen-bond acceptors (Lipinski definition) is 4. The van der Waals surface area contributed by atoms with Gasteiger partial charge in [-0.2, -0.15) is 0 Å². The Morgan fingerprint density at radius 3 is 2.72 bits per heavy atom. The van der Waals surface area contributed by atoms with Crippen molar-refractivity contribution in [1.29, 1.82) is 0 Å². The summed E-state index contributed by atoms with van der Waals surface area (Å²) in [5, 5.41) is 6.01. The predicted molar refractivity (Wildman–Crippen MR) is 65.5 cm³/mol. The van der Waals surface area contributed by atoms with Crippen LogP contribution in [-0.2, 0) is 14.4 Å². The van der Waals surface area contributed by atoms with Crippen molar-refractivity contribution in [3.8, 4) is 0 Å². The molecule has 1 saturated heterocycles. The first-order valence-electron chi connectivity index (χ1n) is 6.55. The first-order chi connectivity index (χ1) is 8.65. The number of carbonyl (C=O) groups excluding carboxylic acids is 2. The summed E-state index contributed by atoms with van der Waals surface area (Å²) in [5.41, 5.74) is 2.13. The topological polar surface area (TPSA) is 79.5 Å². The van der Waals surface area contributed by atoms with Gasteiger partial charge in [-0.25, -0.2) is 5.48 Å². The van der Waals surface area contributed by atoms with Crippen LogP contribution in [0.5, 0.6) is 0 Å². The van der Waals surface area contributed by atoms with Crippen LogP contribution in [0, 0.1) is 0 Å². The lowest BCUT2D eigenvalue weighted by molar-refractivity contribution is -0.129. The van der Waals surface area contributed by atoms with Crippen molar-refractivity contribution >= 4 is 11.8 Å². The van der Waals surface area contributed by atoms with Gasteiger partial charge in [0.25, 0.3) is 5.91 Å². The van der Waals surface area contributed by atoms with Gasteiger partial charge in [0.15, 0.2) is 0 Å². The van der Waals surface area contributed by atoms with Crippen molar-refractivity contribution in [2.24, 2.45) is 0 Å². The third kappa shape index (κ3) is 3.00. The molecule has 6 nitrogen and oxygen atoms in total. The minimum atomic E-state index is -0.546. The first kappa shape index (κ1) is 13.3. The third-order valence-corrected chi connectivity index (χ3v) is 3.91. The Balaban J connectivity index is 1.87. The van der Waals surface area contributed by atoms with E-state index in [-0.39, 0.29) is 24.0 Å². The standard InChI is InChI=1S/C12H21N3O3/c1-13-12(5-3-2-4-6-12)7-10(16)14-9-8-18-15-11(9)17/h9,13H,2-8H2,1H3,(H,14,16)(H,15,17)/t9-/m1/s1. The van der Waals surface area contributed by atoms with E-state index in [1.165, 1.54) is 6.42 Å². The average Bonchev–Trinajstić information content (AvgIpc) is 2.76. The second kappa shape index (κ2) is 5.67. The van der Waals surface area contributed by atoms with Gasteiger partial charge in [-0.1, -0.05) is 19.3 Å². The minimum Gasteiger partial charge on any atom is -0.342 e. The monoisotopic (exact) mass is 255 g/mol. The lowest BCUT2D eigenvalue weighted by Crippen LogP contribution is -2.50. The van der Waals surface area contributed by atoms with E-state index in [9.17, 15) is 9.59 Å². The number of rotatable bonds is 4. The Kier molecular flexibility index (Phi) is 4.19. The normalized spacial score (nSPS) is 26.7. The van der Waals surface area contributed by atoms with Crippen LogP contribution in [0.15, 0.2) is 0 Å². The highest BCUT2D eigenvalue weighted by Gasteiger charge is 2.34. The third-order valence-electron chi connectivity index (χ3n) is 3.91. The van der Waals surface area contributed by atoms with Crippen LogP contribution >= 0.6 is 0 Å². The Bertz CT molecular complexity index is 327. The van der Waals surface area contributed by atoms with Gasteiger partial charge < -0.3 is 10.6 Å². The molecule has 1 saturated carbocycles. The fraction of sp³-hybridized carbons (Fsp3) is 0.833. The molecule has 2 fully saturated rings. The van der Waals surface area contributed by atoms with Crippen LogP contribution in [0.1, 0.15) is 38.5 Å². The molecular weight excluding hydrogens is 234 g/mol. The van der Waals surface area contributed by atoms with Crippen molar-refractivity contribution in [3.05, 3.63) is 0 Å². The fourth-order valence-electron chi connectivity index (χ4n) is 2.75. The number of carbonyl (C=O) groups is 2. The molecule has 2 rings (SSSR count). The zero-order valence-corrected chi connectivity index (χ0v) is 10.8. The van der Waals surface area contributed by atoms with Crippen molar-refractivity contribution in [3.63, 3.8) is 0 Å². The summed E-state index contributed by atoms with van der Waals surface area (Å²) in [6.45, 7) is 0.205. The van der Waals surface area contributed by atoms with Gasteiger partial charge in [-0.05, 0) is 19.9 Å². The van der Waals surface area contributed by atoms with E-state index >= 15 is 0 Å². The zero-order valence-electron chi connectivity index (χ0n) is 10.8. The molecule has 0 unspecified atom stereocenters. The fourth-order valence-corrected chi connectivity index (χ4v) is 2.75. The summed E-state index contributed by atoms with van der Waals surface area (Å²) in [6, 6.07) is -0.546. The van der Waals surface area contributed by atoms with Gasteiger partial charge in [0.05, 0.1) is 0 Å². The molecule has 0 aromatic heterocycles. The van der Waals surface area contributed by atoms with Crippen molar-refractivity contribution < 1.29 is 14.4 Å². The van der Waals surface area contributed by atoms with Gasteiger partial charge in [0.2, 0.25) is 5.91 Å². The zero-order chi connectivity index (χ0) is 13.0. The molecule has 1 atom stereocenters. The molecule has 0 spiro atoms. The summed E-state index contributed by atoms with van der Waals surface area (Å²) in [6.07, 6.45) is 6.01. The molecule has 0 aromatic carbocycles. The van der Waals surface area contributed by atoms with Crippen LogP contribution in [-0.4, -0.2) is 37.0 Å². The lowest BCUT2D eigenvalue weighted by Gasteiger charge is -2.36. The molecule has 2 aliphatic rings. The van der Waals surface area contributed by atoms with Crippen LogP contribution in [0.25, 0.3) is 0 Å². The van der Waals surface area contributed by atoms with Crippen molar-refractivity contribution in [1.82, 2.24) is 16.1 Å². The number of hydroxylamine groups is 1. The van der Waals surface area contributed by atoms with Gasteiger partial charge in [-0.15, -0.1) is 0 Å². The van der Waals surface area contributed by atoms with E-state index in [1.807, 2.05) is 7.05 Å². The maximum absolute atomic E-state index is 12.0. The van der Waals surface area contributed by atoms with Crippen molar-refractivity contribution in [2.75, 3.05) is 13.7 Å². The van der Waals surface area contributed by atoms with Crippen LogP contribution in [0.2, 0.25) is 0 Å². The molecule has 1 heterocycles. The number of hydrogen-bond donors (Lipinski definition) is 3. The van der Waals surface area contributed by atoms with E-state index in [1.54, 1.807) is 0 Å². The van der Waals surface area contributed by atoms with Crippen LogP contribution in [0.3, 0.4) is 0 Å². The number of amides is 2. The first-order valence-corrected chi connectivity index (χ1v) is 6.55. The van der Waals surface area contributed by atoms with E-state index in [2.05, 4.69) is 16.1 Å². The molecule has 6 heteroatoms. The van der Waals surface area contributed by atoms with Gasteiger partial charge in [0, 0.05) is 12.0 Å². The van der Waals surface area contributed by atoms with E-state index in [4.69, 9.17) is 4.84 Å². The second-order valence-corrected chi connectivity index (χ2v) is 5.17.